The molecule has 1 aliphatic rings. The number of nitrogens with one attached hydrogen (secondary N) is 1. The van der Waals surface area contributed by atoms with Gasteiger partial charge < -0.3 is 5.32 Å². The number of carbonyl (C=O) groups excluding carboxylic acids is 2. The summed E-state index contributed by atoms with van der Waals surface area (Å²) < 4.78 is 0. The van der Waals surface area contributed by atoms with Gasteiger partial charge in [-0.05, 0) is 42.2 Å². The summed E-state index contributed by atoms with van der Waals surface area (Å²) in [6.07, 6.45) is 2.04. The molecule has 5 heteroatoms. The summed E-state index contributed by atoms with van der Waals surface area (Å²) in [6.45, 7) is 3.99. The minimum Gasteiger partial charge on any atom is -0.319 e. The molecule has 1 atom stereocenters. The average molecular weight is 347 g/mol. The Morgan fingerprint density at radius 1 is 1.12 bits per heavy atom. The molecule has 0 aromatic heterocycles. The lowest BCUT2D eigenvalue weighted by Gasteiger charge is -2.22. The van der Waals surface area contributed by atoms with Crippen LogP contribution in [0.1, 0.15) is 42.5 Å². The molecule has 1 saturated heterocycles. The molecule has 5 nitrogen and oxygen atoms in total. The van der Waals surface area contributed by atoms with Crippen LogP contribution < -0.4 is 5.32 Å². The minimum atomic E-state index is -1.07. The molecular weight excluding hydrogens is 326 g/mol. The number of hydrogen-bond donors (Lipinski definition) is 1. The predicted molar refractivity (Wildman–Crippen MR) is 98.0 cm³/mol. The third-order valence-corrected chi connectivity index (χ3v) is 4.74. The average Bonchev–Trinajstić information content (AvgIpc) is 2.87. The largest absolute Gasteiger partial charge is 0.325 e. The van der Waals surface area contributed by atoms with E-state index in [1.165, 1.54) is 10.5 Å². The molecule has 3 amide bonds. The summed E-state index contributed by atoms with van der Waals surface area (Å²) in [6, 6.07) is 16.4. The number of aryl methyl sites for hydroxylation is 1. The van der Waals surface area contributed by atoms with Crippen LogP contribution in [0.3, 0.4) is 0 Å². The zero-order chi connectivity index (χ0) is 18.7. The molecule has 26 heavy (non-hydrogen) atoms. The Bertz CT molecular complexity index is 883. The summed E-state index contributed by atoms with van der Waals surface area (Å²) >= 11 is 0. The van der Waals surface area contributed by atoms with Crippen molar-refractivity contribution in [2.24, 2.45) is 0 Å². The van der Waals surface area contributed by atoms with Gasteiger partial charge in [0, 0.05) is 0 Å². The smallest absolute Gasteiger partial charge is 0.319 e. The summed E-state index contributed by atoms with van der Waals surface area (Å²) in [5.41, 5.74) is 2.15. The number of benzene rings is 2. The maximum atomic E-state index is 13.0. The first-order chi connectivity index (χ1) is 12.5. The minimum absolute atomic E-state index is 0.143. The summed E-state index contributed by atoms with van der Waals surface area (Å²) in [4.78, 5) is 26.6. The van der Waals surface area contributed by atoms with Crippen LogP contribution in [0.15, 0.2) is 48.5 Å². The van der Waals surface area contributed by atoms with Gasteiger partial charge in [0.1, 0.15) is 5.54 Å². The van der Waals surface area contributed by atoms with Gasteiger partial charge in [-0.1, -0.05) is 49.7 Å². The number of amides is 3. The van der Waals surface area contributed by atoms with Crippen molar-refractivity contribution in [2.45, 2.75) is 38.8 Å². The molecule has 0 spiro atoms. The Morgan fingerprint density at radius 3 is 2.50 bits per heavy atom. The molecular formula is C21H21N3O2. The second kappa shape index (κ2) is 7.01. The predicted octanol–water partition coefficient (Wildman–Crippen LogP) is 3.48. The number of nitriles is 1. The Morgan fingerprint density at radius 2 is 1.85 bits per heavy atom. The highest BCUT2D eigenvalue weighted by Crippen LogP contribution is 2.30. The van der Waals surface area contributed by atoms with E-state index >= 15 is 0 Å². The summed E-state index contributed by atoms with van der Waals surface area (Å²) in [5, 5.41) is 11.8. The van der Waals surface area contributed by atoms with Crippen molar-refractivity contribution in [1.29, 1.82) is 5.26 Å². The van der Waals surface area contributed by atoms with E-state index in [1.807, 2.05) is 24.3 Å². The van der Waals surface area contributed by atoms with Crippen molar-refractivity contribution in [1.82, 2.24) is 10.2 Å². The van der Waals surface area contributed by atoms with Crippen LogP contribution in [0.2, 0.25) is 0 Å². The lowest BCUT2D eigenvalue weighted by molar-refractivity contribution is -0.131. The zero-order valence-electron chi connectivity index (χ0n) is 15.0. The van der Waals surface area contributed by atoms with Gasteiger partial charge in [0.2, 0.25) is 0 Å². The van der Waals surface area contributed by atoms with Crippen LogP contribution in [0.5, 0.6) is 0 Å². The van der Waals surface area contributed by atoms with E-state index in [9.17, 15) is 9.59 Å². The second-order valence-electron chi connectivity index (χ2n) is 6.71. The van der Waals surface area contributed by atoms with E-state index in [4.69, 9.17) is 5.26 Å². The van der Waals surface area contributed by atoms with Crippen LogP contribution in [0.25, 0.3) is 0 Å². The molecule has 1 fully saturated rings. The van der Waals surface area contributed by atoms with E-state index < -0.39 is 11.6 Å². The van der Waals surface area contributed by atoms with Gasteiger partial charge in [0.05, 0.1) is 18.2 Å². The summed E-state index contributed by atoms with van der Waals surface area (Å²) in [5.74, 6) is -0.284. The van der Waals surface area contributed by atoms with Crippen molar-refractivity contribution >= 4 is 11.9 Å². The number of rotatable bonds is 5. The van der Waals surface area contributed by atoms with Gasteiger partial charge in [-0.15, -0.1) is 0 Å². The van der Waals surface area contributed by atoms with Crippen LogP contribution in [0.4, 0.5) is 4.79 Å². The fourth-order valence-electron chi connectivity index (χ4n) is 3.25. The van der Waals surface area contributed by atoms with E-state index in [2.05, 4.69) is 18.3 Å². The second-order valence-corrected chi connectivity index (χ2v) is 6.71. The molecule has 0 aliphatic carbocycles. The molecule has 0 radical (unpaired) electrons. The molecule has 3 rings (SSSR count). The van der Waals surface area contributed by atoms with Gasteiger partial charge >= 0.3 is 6.03 Å². The lowest BCUT2D eigenvalue weighted by atomic mass is 9.91. The monoisotopic (exact) mass is 347 g/mol. The molecule has 2 aromatic carbocycles. The van der Waals surface area contributed by atoms with Gasteiger partial charge in [-0.25, -0.2) is 4.79 Å². The molecule has 0 saturated carbocycles. The molecule has 1 N–H and O–H groups in total. The van der Waals surface area contributed by atoms with Crippen LogP contribution in [-0.2, 0) is 23.3 Å². The molecule has 1 aliphatic heterocycles. The van der Waals surface area contributed by atoms with Crippen molar-refractivity contribution in [2.75, 3.05) is 0 Å². The van der Waals surface area contributed by atoms with Crippen molar-refractivity contribution < 1.29 is 9.59 Å². The third kappa shape index (κ3) is 3.18. The fourth-order valence-corrected chi connectivity index (χ4v) is 3.25. The Labute approximate surface area is 153 Å². The third-order valence-electron chi connectivity index (χ3n) is 4.74. The zero-order valence-corrected chi connectivity index (χ0v) is 15.0. The Hall–Kier alpha value is -3.13. The standard InChI is InChI=1S/C21H21N3O2/c1-3-5-15-8-10-18(11-9-15)21(2)19(25)24(20(26)23-21)14-17-7-4-6-16(12-17)13-22/h4,6-12H,3,5,14H2,1-2H3,(H,23,26). The first kappa shape index (κ1) is 17.7. The van der Waals surface area contributed by atoms with E-state index in [0.29, 0.717) is 5.56 Å². The highest BCUT2D eigenvalue weighted by molar-refractivity contribution is 6.07. The SMILES string of the molecule is CCCc1ccc(C2(C)NC(=O)N(Cc3cccc(C#N)c3)C2=O)cc1. The van der Waals surface area contributed by atoms with E-state index in [0.717, 1.165) is 24.0 Å². The van der Waals surface area contributed by atoms with Crippen molar-refractivity contribution in [3.8, 4) is 6.07 Å². The summed E-state index contributed by atoms with van der Waals surface area (Å²) in [7, 11) is 0. The Kier molecular flexibility index (Phi) is 4.77. The van der Waals surface area contributed by atoms with Gasteiger partial charge in [0.15, 0.2) is 0 Å². The van der Waals surface area contributed by atoms with Crippen LogP contribution in [0, 0.1) is 11.3 Å². The van der Waals surface area contributed by atoms with Gasteiger partial charge in [-0.2, -0.15) is 5.26 Å². The van der Waals surface area contributed by atoms with Gasteiger partial charge in [0.25, 0.3) is 5.91 Å². The maximum Gasteiger partial charge on any atom is 0.325 e. The number of imide groups is 1. The van der Waals surface area contributed by atoms with Crippen molar-refractivity contribution in [3.05, 3.63) is 70.8 Å². The maximum absolute atomic E-state index is 13.0. The molecule has 132 valence electrons. The first-order valence-electron chi connectivity index (χ1n) is 8.70. The first-order valence-corrected chi connectivity index (χ1v) is 8.70. The number of urea groups is 1. The lowest BCUT2D eigenvalue weighted by Crippen LogP contribution is -2.40. The molecule has 0 bridgehead atoms. The highest BCUT2D eigenvalue weighted by Gasteiger charge is 2.48. The topological polar surface area (TPSA) is 73.2 Å². The number of nitrogens with zero attached hydrogens (tertiary/aromatic N) is 2. The molecule has 2 aromatic rings. The quantitative estimate of drug-likeness (QED) is 0.842. The van der Waals surface area contributed by atoms with Crippen molar-refractivity contribution in [3.63, 3.8) is 0 Å². The van der Waals surface area contributed by atoms with Gasteiger partial charge in [-0.3, -0.25) is 9.69 Å². The van der Waals surface area contributed by atoms with E-state index in [1.54, 1.807) is 31.2 Å². The highest BCUT2D eigenvalue weighted by atomic mass is 16.2. The van der Waals surface area contributed by atoms with E-state index in [-0.39, 0.29) is 12.5 Å². The van der Waals surface area contributed by atoms with Crippen LogP contribution in [-0.4, -0.2) is 16.8 Å². The fraction of sp³-hybridized carbons (Fsp3) is 0.286. The number of carbonyl (C=O) groups is 2. The molecule has 1 unspecified atom stereocenters. The number of hydrogen-bond acceptors (Lipinski definition) is 3. The molecule has 1 heterocycles. The normalized spacial score (nSPS) is 19.3. The van der Waals surface area contributed by atoms with Crippen LogP contribution >= 0.6 is 0 Å². The Balaban J connectivity index is 1.84.